The fourth-order valence-corrected chi connectivity index (χ4v) is 3.88. The average Bonchev–Trinajstić information content (AvgIpc) is 3.20. The highest BCUT2D eigenvalue weighted by Crippen LogP contribution is 2.30. The SMILES string of the molecule is CCC(=O)N1CC(n2cnc3c(Nc4c(C)ccc5cn[nH]c45)cncc3c2=O)C1. The van der Waals surface area contributed by atoms with Crippen LogP contribution in [0.15, 0.2) is 41.8 Å². The van der Waals surface area contributed by atoms with Crippen LogP contribution in [-0.4, -0.2) is 48.6 Å². The molecule has 1 aliphatic heterocycles. The van der Waals surface area contributed by atoms with E-state index in [1.807, 2.05) is 26.0 Å². The Morgan fingerprint density at radius 1 is 1.27 bits per heavy atom. The van der Waals surface area contributed by atoms with E-state index in [9.17, 15) is 9.59 Å². The van der Waals surface area contributed by atoms with E-state index in [1.54, 1.807) is 34.4 Å². The summed E-state index contributed by atoms with van der Waals surface area (Å²) < 4.78 is 1.61. The second kappa shape index (κ2) is 6.94. The number of fused-ring (bicyclic) bond motifs is 2. The molecular formula is C21H21N7O2. The van der Waals surface area contributed by atoms with Gasteiger partial charge in [-0.2, -0.15) is 5.10 Å². The van der Waals surface area contributed by atoms with Gasteiger partial charge in [0.05, 0.1) is 47.0 Å². The van der Waals surface area contributed by atoms with Gasteiger partial charge in [0.15, 0.2) is 0 Å². The predicted octanol–water partition coefficient (Wildman–Crippen LogP) is 2.51. The maximum Gasteiger partial charge on any atom is 0.263 e. The van der Waals surface area contributed by atoms with Gasteiger partial charge < -0.3 is 10.2 Å². The molecule has 5 rings (SSSR count). The number of aromatic nitrogens is 5. The van der Waals surface area contributed by atoms with Gasteiger partial charge in [-0.05, 0) is 12.5 Å². The molecule has 152 valence electrons. The zero-order valence-electron chi connectivity index (χ0n) is 16.7. The van der Waals surface area contributed by atoms with E-state index < -0.39 is 0 Å². The molecule has 0 spiro atoms. The monoisotopic (exact) mass is 403 g/mol. The fourth-order valence-electron chi connectivity index (χ4n) is 3.88. The Hall–Kier alpha value is -3.75. The lowest BCUT2D eigenvalue weighted by Crippen LogP contribution is -2.52. The first-order valence-electron chi connectivity index (χ1n) is 9.89. The number of likely N-dealkylation sites (tertiary alicyclic amines) is 1. The number of pyridine rings is 1. The van der Waals surface area contributed by atoms with Crippen LogP contribution in [-0.2, 0) is 4.79 Å². The molecule has 0 radical (unpaired) electrons. The first-order valence-corrected chi connectivity index (χ1v) is 9.89. The number of carbonyl (C=O) groups excluding carboxylic acids is 1. The number of hydrogen-bond acceptors (Lipinski definition) is 6. The second-order valence-corrected chi connectivity index (χ2v) is 7.56. The molecule has 0 saturated carbocycles. The van der Waals surface area contributed by atoms with Crippen LogP contribution < -0.4 is 10.9 Å². The molecule has 1 aromatic carbocycles. The molecule has 9 heteroatoms. The van der Waals surface area contributed by atoms with Crippen LogP contribution in [0.3, 0.4) is 0 Å². The molecule has 9 nitrogen and oxygen atoms in total. The smallest absolute Gasteiger partial charge is 0.263 e. The fraction of sp³-hybridized carbons (Fsp3) is 0.286. The lowest BCUT2D eigenvalue weighted by atomic mass is 10.1. The number of nitrogens with zero attached hydrogens (tertiary/aromatic N) is 5. The van der Waals surface area contributed by atoms with Crippen LogP contribution in [0, 0.1) is 6.92 Å². The lowest BCUT2D eigenvalue weighted by Gasteiger charge is -2.39. The minimum absolute atomic E-state index is 0.0532. The molecule has 1 aliphatic rings. The summed E-state index contributed by atoms with van der Waals surface area (Å²) in [5, 5.41) is 11.9. The average molecular weight is 403 g/mol. The highest BCUT2D eigenvalue weighted by atomic mass is 16.2. The van der Waals surface area contributed by atoms with Gasteiger partial charge >= 0.3 is 0 Å². The molecule has 0 bridgehead atoms. The molecule has 3 aromatic heterocycles. The third-order valence-electron chi connectivity index (χ3n) is 5.69. The Morgan fingerprint density at radius 3 is 2.90 bits per heavy atom. The van der Waals surface area contributed by atoms with E-state index in [0.29, 0.717) is 36.1 Å². The Balaban J connectivity index is 1.52. The van der Waals surface area contributed by atoms with Crippen LogP contribution in [0.1, 0.15) is 24.9 Å². The number of benzene rings is 1. The minimum Gasteiger partial charge on any atom is -0.350 e. The molecule has 0 atom stereocenters. The molecule has 1 fully saturated rings. The number of H-pyrrole nitrogens is 1. The van der Waals surface area contributed by atoms with Crippen LogP contribution in [0.25, 0.3) is 21.8 Å². The van der Waals surface area contributed by atoms with Crippen molar-refractivity contribution in [2.45, 2.75) is 26.3 Å². The Labute approximate surface area is 171 Å². The van der Waals surface area contributed by atoms with Crippen LogP contribution >= 0.6 is 0 Å². The van der Waals surface area contributed by atoms with Crippen molar-refractivity contribution < 1.29 is 4.79 Å². The number of hydrogen-bond donors (Lipinski definition) is 2. The summed E-state index contributed by atoms with van der Waals surface area (Å²) in [6.45, 7) is 4.91. The van der Waals surface area contributed by atoms with Crippen molar-refractivity contribution in [3.63, 3.8) is 0 Å². The zero-order valence-corrected chi connectivity index (χ0v) is 16.7. The maximum absolute atomic E-state index is 13.1. The summed E-state index contributed by atoms with van der Waals surface area (Å²) in [6.07, 6.45) is 7.02. The van der Waals surface area contributed by atoms with E-state index in [4.69, 9.17) is 0 Å². The molecular weight excluding hydrogens is 382 g/mol. The second-order valence-electron chi connectivity index (χ2n) is 7.56. The molecule has 2 N–H and O–H groups in total. The van der Waals surface area contributed by atoms with Gasteiger partial charge in [-0.3, -0.25) is 24.2 Å². The van der Waals surface area contributed by atoms with Crippen molar-refractivity contribution in [2.75, 3.05) is 18.4 Å². The number of aryl methyl sites for hydroxylation is 1. The number of nitrogens with one attached hydrogen (secondary N) is 2. The normalized spacial score (nSPS) is 14.3. The van der Waals surface area contributed by atoms with Gasteiger partial charge in [-0.1, -0.05) is 19.1 Å². The third-order valence-corrected chi connectivity index (χ3v) is 5.69. The quantitative estimate of drug-likeness (QED) is 0.542. The number of aromatic amines is 1. The first kappa shape index (κ1) is 18.3. The van der Waals surface area contributed by atoms with Gasteiger partial charge in [0.1, 0.15) is 5.52 Å². The summed E-state index contributed by atoms with van der Waals surface area (Å²) in [6, 6.07) is 3.96. The number of anilines is 2. The standard InChI is InChI=1S/C21H21N7O2/c1-3-17(29)27-9-14(10-27)28-11-23-20-15(21(28)30)7-22-8-16(20)25-18-12(2)4-5-13-6-24-26-19(13)18/h4-8,11,14,25H,3,9-10H2,1-2H3,(H,24,26). The Kier molecular flexibility index (Phi) is 4.23. The Morgan fingerprint density at radius 2 is 2.10 bits per heavy atom. The van der Waals surface area contributed by atoms with Crippen LogP contribution in [0.4, 0.5) is 11.4 Å². The van der Waals surface area contributed by atoms with Crippen molar-refractivity contribution in [1.29, 1.82) is 0 Å². The van der Waals surface area contributed by atoms with Crippen molar-refractivity contribution in [2.24, 2.45) is 0 Å². The molecule has 1 saturated heterocycles. The van der Waals surface area contributed by atoms with E-state index in [1.165, 1.54) is 0 Å². The van der Waals surface area contributed by atoms with Gasteiger partial charge in [0.25, 0.3) is 5.56 Å². The largest absolute Gasteiger partial charge is 0.350 e. The number of carbonyl (C=O) groups is 1. The highest BCUT2D eigenvalue weighted by Gasteiger charge is 2.32. The zero-order chi connectivity index (χ0) is 20.8. The van der Waals surface area contributed by atoms with Gasteiger partial charge in [0.2, 0.25) is 5.91 Å². The van der Waals surface area contributed by atoms with E-state index in [0.717, 1.165) is 22.2 Å². The van der Waals surface area contributed by atoms with Crippen molar-refractivity contribution in [1.82, 2.24) is 29.6 Å². The van der Waals surface area contributed by atoms with E-state index in [-0.39, 0.29) is 17.5 Å². The molecule has 1 amide bonds. The Bertz CT molecular complexity index is 1330. The third kappa shape index (κ3) is 2.81. The van der Waals surface area contributed by atoms with Crippen molar-refractivity contribution in [3.05, 3.63) is 53.0 Å². The summed E-state index contributed by atoms with van der Waals surface area (Å²) in [7, 11) is 0. The summed E-state index contributed by atoms with van der Waals surface area (Å²) >= 11 is 0. The molecule has 4 heterocycles. The molecule has 0 aliphatic carbocycles. The summed E-state index contributed by atoms with van der Waals surface area (Å²) in [5.74, 6) is 0.101. The van der Waals surface area contributed by atoms with Gasteiger partial charge in [-0.25, -0.2) is 4.98 Å². The maximum atomic E-state index is 13.1. The van der Waals surface area contributed by atoms with E-state index >= 15 is 0 Å². The molecule has 0 unspecified atom stereocenters. The topological polar surface area (TPSA) is 109 Å². The first-order chi connectivity index (χ1) is 14.6. The number of rotatable bonds is 4. The minimum atomic E-state index is -0.152. The summed E-state index contributed by atoms with van der Waals surface area (Å²) in [5.41, 5.74) is 3.85. The highest BCUT2D eigenvalue weighted by molar-refractivity contribution is 5.97. The lowest BCUT2D eigenvalue weighted by molar-refractivity contribution is -0.136. The van der Waals surface area contributed by atoms with Crippen molar-refractivity contribution >= 4 is 39.1 Å². The van der Waals surface area contributed by atoms with E-state index in [2.05, 4.69) is 25.5 Å². The van der Waals surface area contributed by atoms with Crippen LogP contribution in [0.2, 0.25) is 0 Å². The number of amides is 1. The van der Waals surface area contributed by atoms with Crippen molar-refractivity contribution in [3.8, 4) is 0 Å². The predicted molar refractivity (Wildman–Crippen MR) is 114 cm³/mol. The molecule has 30 heavy (non-hydrogen) atoms. The molecule has 4 aromatic rings. The van der Waals surface area contributed by atoms with Crippen LogP contribution in [0.5, 0.6) is 0 Å². The van der Waals surface area contributed by atoms with Gasteiger partial charge in [0, 0.05) is 31.1 Å². The summed E-state index contributed by atoms with van der Waals surface area (Å²) in [4.78, 5) is 35.4. The van der Waals surface area contributed by atoms with Gasteiger partial charge in [-0.15, -0.1) is 0 Å².